The molecule has 1 saturated heterocycles. The van der Waals surface area contributed by atoms with E-state index in [0.29, 0.717) is 17.8 Å². The van der Waals surface area contributed by atoms with Crippen LogP contribution < -0.4 is 15.5 Å². The van der Waals surface area contributed by atoms with Crippen LogP contribution in [0.25, 0.3) is 0 Å². The number of pyridine rings is 1. The fourth-order valence-corrected chi connectivity index (χ4v) is 5.81. The molecule has 1 saturated carbocycles. The van der Waals surface area contributed by atoms with Crippen LogP contribution in [-0.2, 0) is 17.3 Å². The molecule has 2 heterocycles. The second kappa shape index (κ2) is 14.3. The summed E-state index contributed by atoms with van der Waals surface area (Å²) in [6.45, 7) is 7.79. The van der Waals surface area contributed by atoms with Crippen LogP contribution in [0.1, 0.15) is 70.8 Å². The minimum Gasteiger partial charge on any atom is -0.357 e. The first-order valence-electron chi connectivity index (χ1n) is 11.8. The number of hydrogen-bond acceptors (Lipinski definition) is 4. The maximum atomic E-state index is 12.2. The Morgan fingerprint density at radius 3 is 2.68 bits per heavy atom. The van der Waals surface area contributed by atoms with Crippen molar-refractivity contribution in [1.29, 1.82) is 0 Å². The van der Waals surface area contributed by atoms with Crippen molar-refractivity contribution in [3.05, 3.63) is 23.9 Å². The van der Waals surface area contributed by atoms with Crippen LogP contribution in [0.5, 0.6) is 0 Å². The highest BCUT2D eigenvalue weighted by Crippen LogP contribution is 2.23. The molecule has 6 nitrogen and oxygen atoms in total. The lowest BCUT2D eigenvalue weighted by molar-refractivity contribution is 0.413. The van der Waals surface area contributed by atoms with Gasteiger partial charge in [-0.3, -0.25) is 4.21 Å². The highest BCUT2D eigenvalue weighted by Gasteiger charge is 2.26. The van der Waals surface area contributed by atoms with E-state index in [1.807, 2.05) is 13.1 Å². The number of aliphatic imine (C=N–C) groups is 1. The standard InChI is InChI=1S/C23H39N5OS.HI/c1-3-24-23(27-20-10-9-11-21(17-20)30(29)4-2)26-18-19-12-13-25-22(16-19)28-14-7-5-6-8-15-28;/h12-13,16,20-21H,3-11,14-15,17-18H2,1-2H3,(H2,24,26,27);1H. The molecule has 0 bridgehead atoms. The average Bonchev–Trinajstić information content (AvgIpc) is 3.07. The minimum atomic E-state index is -0.705. The smallest absolute Gasteiger partial charge is 0.191 e. The lowest BCUT2D eigenvalue weighted by Crippen LogP contribution is -2.46. The van der Waals surface area contributed by atoms with Gasteiger partial charge in [-0.1, -0.05) is 26.2 Å². The van der Waals surface area contributed by atoms with E-state index >= 15 is 0 Å². The van der Waals surface area contributed by atoms with Gasteiger partial charge < -0.3 is 15.5 Å². The van der Waals surface area contributed by atoms with E-state index in [1.165, 1.54) is 31.2 Å². The zero-order chi connectivity index (χ0) is 21.2. The van der Waals surface area contributed by atoms with E-state index in [1.54, 1.807) is 0 Å². The SMILES string of the molecule is CCNC(=NCc1ccnc(N2CCCCCC2)c1)NC1CCCC(S(=O)CC)C1.I. The van der Waals surface area contributed by atoms with E-state index in [2.05, 4.69) is 39.6 Å². The van der Waals surface area contributed by atoms with Gasteiger partial charge in [-0.25, -0.2) is 9.98 Å². The molecule has 0 radical (unpaired) electrons. The summed E-state index contributed by atoms with van der Waals surface area (Å²) in [5.74, 6) is 2.70. The molecule has 3 atom stereocenters. The summed E-state index contributed by atoms with van der Waals surface area (Å²) >= 11 is 0. The number of guanidine groups is 1. The predicted octanol–water partition coefficient (Wildman–Crippen LogP) is 4.21. The third kappa shape index (κ3) is 8.51. The van der Waals surface area contributed by atoms with Crippen molar-refractivity contribution < 1.29 is 4.21 Å². The molecule has 176 valence electrons. The molecule has 0 spiro atoms. The van der Waals surface area contributed by atoms with Crippen molar-refractivity contribution in [3.63, 3.8) is 0 Å². The first kappa shape index (κ1) is 26.4. The molecule has 1 aliphatic heterocycles. The topological polar surface area (TPSA) is 69.6 Å². The number of nitrogens with zero attached hydrogens (tertiary/aromatic N) is 3. The van der Waals surface area contributed by atoms with Gasteiger partial charge in [-0.05, 0) is 56.7 Å². The molecule has 1 aromatic heterocycles. The molecular formula is C23H40IN5OS. The van der Waals surface area contributed by atoms with Gasteiger partial charge in [0, 0.05) is 53.7 Å². The maximum absolute atomic E-state index is 12.2. The quantitative estimate of drug-likeness (QED) is 0.297. The first-order valence-corrected chi connectivity index (χ1v) is 13.2. The van der Waals surface area contributed by atoms with Crippen LogP contribution in [0.15, 0.2) is 23.3 Å². The highest BCUT2D eigenvalue weighted by atomic mass is 127. The number of anilines is 1. The second-order valence-corrected chi connectivity index (χ2v) is 10.4. The largest absolute Gasteiger partial charge is 0.357 e. The summed E-state index contributed by atoms with van der Waals surface area (Å²) in [6, 6.07) is 4.61. The van der Waals surface area contributed by atoms with E-state index in [4.69, 9.17) is 4.99 Å². The Morgan fingerprint density at radius 2 is 1.97 bits per heavy atom. The Hall–Kier alpha value is -0.900. The van der Waals surface area contributed by atoms with Crippen LogP contribution in [0.3, 0.4) is 0 Å². The van der Waals surface area contributed by atoms with Gasteiger partial charge in [0.1, 0.15) is 5.82 Å². The third-order valence-corrected chi connectivity index (χ3v) is 7.87. The summed E-state index contributed by atoms with van der Waals surface area (Å²) < 4.78 is 12.2. The van der Waals surface area contributed by atoms with E-state index in [-0.39, 0.29) is 24.0 Å². The van der Waals surface area contributed by atoms with Crippen molar-refractivity contribution in [2.45, 2.75) is 83.1 Å². The van der Waals surface area contributed by atoms with Gasteiger partial charge in [0.25, 0.3) is 0 Å². The second-order valence-electron chi connectivity index (χ2n) is 8.42. The Kier molecular flexibility index (Phi) is 12.1. The fourth-order valence-electron chi connectivity index (χ4n) is 4.47. The zero-order valence-electron chi connectivity index (χ0n) is 19.1. The average molecular weight is 562 g/mol. The van der Waals surface area contributed by atoms with Crippen LogP contribution in [0.2, 0.25) is 0 Å². The van der Waals surface area contributed by atoms with Crippen LogP contribution in [0.4, 0.5) is 5.82 Å². The van der Waals surface area contributed by atoms with Crippen molar-refractivity contribution in [3.8, 4) is 0 Å². The number of nitrogens with one attached hydrogen (secondary N) is 2. The molecule has 2 fully saturated rings. The van der Waals surface area contributed by atoms with Crippen molar-refractivity contribution in [1.82, 2.24) is 15.6 Å². The van der Waals surface area contributed by atoms with Crippen LogP contribution >= 0.6 is 24.0 Å². The molecule has 8 heteroatoms. The fraction of sp³-hybridized carbons (Fsp3) is 0.739. The monoisotopic (exact) mass is 561 g/mol. The highest BCUT2D eigenvalue weighted by molar-refractivity contribution is 14.0. The molecule has 1 aromatic rings. The molecule has 0 aromatic carbocycles. The minimum absolute atomic E-state index is 0. The molecule has 2 aliphatic rings. The maximum Gasteiger partial charge on any atom is 0.191 e. The molecule has 0 amide bonds. The zero-order valence-corrected chi connectivity index (χ0v) is 22.3. The van der Waals surface area contributed by atoms with Crippen LogP contribution in [0, 0.1) is 0 Å². The van der Waals surface area contributed by atoms with Gasteiger partial charge in [-0.15, -0.1) is 24.0 Å². The van der Waals surface area contributed by atoms with Gasteiger partial charge in [0.15, 0.2) is 5.96 Å². The van der Waals surface area contributed by atoms with Gasteiger partial charge in [0.2, 0.25) is 0 Å². The molecule has 31 heavy (non-hydrogen) atoms. The molecule has 2 N–H and O–H groups in total. The first-order chi connectivity index (χ1) is 14.7. The molecular weight excluding hydrogens is 521 g/mol. The lowest BCUT2D eigenvalue weighted by Gasteiger charge is -2.30. The Labute approximate surface area is 207 Å². The number of rotatable bonds is 7. The molecule has 3 unspecified atom stereocenters. The summed E-state index contributed by atoms with van der Waals surface area (Å²) in [4.78, 5) is 11.9. The molecule has 1 aliphatic carbocycles. The van der Waals surface area contributed by atoms with Crippen molar-refractivity contribution >= 4 is 46.6 Å². The summed E-state index contributed by atoms with van der Waals surface area (Å²) in [5.41, 5.74) is 1.19. The van der Waals surface area contributed by atoms with Gasteiger partial charge in [0.05, 0.1) is 6.54 Å². The molecule has 3 rings (SSSR count). The van der Waals surface area contributed by atoms with Crippen molar-refractivity contribution in [2.24, 2.45) is 4.99 Å². The number of halogens is 1. The Bertz CT molecular complexity index is 709. The summed E-state index contributed by atoms with van der Waals surface area (Å²) in [5, 5.41) is 7.30. The van der Waals surface area contributed by atoms with Gasteiger partial charge in [-0.2, -0.15) is 0 Å². The number of hydrogen-bond donors (Lipinski definition) is 2. The predicted molar refractivity (Wildman–Crippen MR) is 143 cm³/mol. The lowest BCUT2D eigenvalue weighted by atomic mass is 9.95. The van der Waals surface area contributed by atoms with E-state index < -0.39 is 10.8 Å². The summed E-state index contributed by atoms with van der Waals surface area (Å²) in [7, 11) is -0.705. The third-order valence-electron chi connectivity index (χ3n) is 6.13. The number of aromatic nitrogens is 1. The van der Waals surface area contributed by atoms with Gasteiger partial charge >= 0.3 is 0 Å². The van der Waals surface area contributed by atoms with E-state index in [9.17, 15) is 4.21 Å². The normalized spacial score (nSPS) is 23.4. The van der Waals surface area contributed by atoms with E-state index in [0.717, 1.165) is 62.8 Å². The van der Waals surface area contributed by atoms with Crippen LogP contribution in [-0.4, -0.2) is 51.8 Å². The Balaban J connectivity index is 0.00000341. The van der Waals surface area contributed by atoms with Crippen molar-refractivity contribution in [2.75, 3.05) is 30.3 Å². The Morgan fingerprint density at radius 1 is 1.19 bits per heavy atom. The summed E-state index contributed by atoms with van der Waals surface area (Å²) in [6.07, 6.45) is 11.4.